The average molecular weight is 347 g/mol. The molecule has 1 aliphatic carbocycles. The van der Waals surface area contributed by atoms with Crippen LogP contribution in [0.4, 0.5) is 11.4 Å². The second-order valence-corrected chi connectivity index (χ2v) is 6.76. The molecule has 1 fully saturated rings. The minimum atomic E-state index is -0.0171. The van der Waals surface area contributed by atoms with Crippen LogP contribution in [0.5, 0.6) is 0 Å². The quantitative estimate of drug-likeness (QED) is 0.742. The van der Waals surface area contributed by atoms with Crippen LogP contribution >= 0.6 is 0 Å². The van der Waals surface area contributed by atoms with Crippen LogP contribution in [0.1, 0.15) is 25.7 Å². The van der Waals surface area contributed by atoms with Crippen molar-refractivity contribution in [2.45, 2.75) is 25.7 Å². The molecule has 1 aromatic carbocycles. The second kappa shape index (κ2) is 9.42. The summed E-state index contributed by atoms with van der Waals surface area (Å²) in [6.07, 6.45) is 3.03. The van der Waals surface area contributed by atoms with Gasteiger partial charge in [0.2, 0.25) is 11.8 Å². The summed E-state index contributed by atoms with van der Waals surface area (Å²) in [6, 6.07) is 7.80. The summed E-state index contributed by atoms with van der Waals surface area (Å²) in [5.74, 6) is 0.128. The summed E-state index contributed by atoms with van der Waals surface area (Å²) >= 11 is 0. The van der Waals surface area contributed by atoms with E-state index < -0.39 is 0 Å². The van der Waals surface area contributed by atoms with Crippen LogP contribution < -0.4 is 15.5 Å². The molecule has 0 radical (unpaired) electrons. The van der Waals surface area contributed by atoms with Crippen LogP contribution in [-0.4, -0.2) is 46.2 Å². The molecule has 0 spiro atoms. The van der Waals surface area contributed by atoms with Crippen molar-refractivity contribution >= 4 is 23.2 Å². The normalized spacial score (nSPS) is 20.0. The first-order valence-electron chi connectivity index (χ1n) is 8.86. The van der Waals surface area contributed by atoms with Gasteiger partial charge in [0.25, 0.3) is 0 Å². The highest BCUT2D eigenvalue weighted by molar-refractivity contribution is 5.93. The summed E-state index contributed by atoms with van der Waals surface area (Å²) in [6.45, 7) is 1.06. The molecular formula is C19H29N3O3. The van der Waals surface area contributed by atoms with Crippen molar-refractivity contribution in [1.29, 1.82) is 0 Å². The van der Waals surface area contributed by atoms with E-state index in [0.717, 1.165) is 37.1 Å². The summed E-state index contributed by atoms with van der Waals surface area (Å²) in [5, 5.41) is 5.87. The standard InChI is InChI=1S/C19H29N3O3/c1-22(2)17-10-8-16(9-11-17)21-19(24)15-6-4-14(5-7-15)18(23)20-12-13-25-3/h8-11,14-15H,4-7,12-13H2,1-3H3,(H,20,23)(H,21,24). The summed E-state index contributed by atoms with van der Waals surface area (Å²) < 4.78 is 4.93. The topological polar surface area (TPSA) is 70.7 Å². The molecule has 2 amide bonds. The fourth-order valence-corrected chi connectivity index (χ4v) is 3.13. The van der Waals surface area contributed by atoms with E-state index in [0.29, 0.717) is 13.2 Å². The van der Waals surface area contributed by atoms with Gasteiger partial charge in [0, 0.05) is 51.0 Å². The zero-order chi connectivity index (χ0) is 18.2. The number of nitrogens with one attached hydrogen (secondary N) is 2. The number of carbonyl (C=O) groups excluding carboxylic acids is 2. The first-order valence-corrected chi connectivity index (χ1v) is 8.86. The van der Waals surface area contributed by atoms with Crippen molar-refractivity contribution in [2.75, 3.05) is 44.6 Å². The van der Waals surface area contributed by atoms with Crippen LogP contribution in [0.2, 0.25) is 0 Å². The number of hydrogen-bond acceptors (Lipinski definition) is 4. The lowest BCUT2D eigenvalue weighted by molar-refractivity contribution is -0.128. The van der Waals surface area contributed by atoms with Gasteiger partial charge >= 0.3 is 0 Å². The molecule has 1 saturated carbocycles. The molecule has 1 aromatic rings. The van der Waals surface area contributed by atoms with Crippen molar-refractivity contribution in [2.24, 2.45) is 11.8 Å². The highest BCUT2D eigenvalue weighted by Crippen LogP contribution is 2.30. The van der Waals surface area contributed by atoms with Gasteiger partial charge in [0.1, 0.15) is 0 Å². The fraction of sp³-hybridized carbons (Fsp3) is 0.579. The molecule has 0 saturated heterocycles. The number of nitrogens with zero attached hydrogens (tertiary/aromatic N) is 1. The molecular weight excluding hydrogens is 318 g/mol. The number of anilines is 2. The number of methoxy groups -OCH3 is 1. The molecule has 138 valence electrons. The highest BCUT2D eigenvalue weighted by atomic mass is 16.5. The van der Waals surface area contributed by atoms with Crippen LogP contribution in [0, 0.1) is 11.8 Å². The van der Waals surface area contributed by atoms with E-state index in [9.17, 15) is 9.59 Å². The maximum Gasteiger partial charge on any atom is 0.227 e. The predicted octanol–water partition coefficient (Wildman–Crippen LogP) is 2.26. The van der Waals surface area contributed by atoms with Gasteiger partial charge in [0.05, 0.1) is 6.61 Å². The molecule has 2 N–H and O–H groups in total. The first kappa shape index (κ1) is 19.2. The third-order valence-corrected chi connectivity index (χ3v) is 4.73. The van der Waals surface area contributed by atoms with E-state index in [-0.39, 0.29) is 23.7 Å². The van der Waals surface area contributed by atoms with Gasteiger partial charge in [-0.1, -0.05) is 0 Å². The molecule has 0 bridgehead atoms. The van der Waals surface area contributed by atoms with Crippen molar-refractivity contribution < 1.29 is 14.3 Å². The molecule has 0 atom stereocenters. The zero-order valence-corrected chi connectivity index (χ0v) is 15.4. The predicted molar refractivity (Wildman–Crippen MR) is 99.7 cm³/mol. The lowest BCUT2D eigenvalue weighted by Crippen LogP contribution is -2.36. The molecule has 0 unspecified atom stereocenters. The minimum Gasteiger partial charge on any atom is -0.383 e. The van der Waals surface area contributed by atoms with Gasteiger partial charge < -0.3 is 20.3 Å². The Morgan fingerprint density at radius 2 is 1.60 bits per heavy atom. The van der Waals surface area contributed by atoms with E-state index in [1.807, 2.05) is 43.3 Å². The van der Waals surface area contributed by atoms with E-state index in [1.54, 1.807) is 7.11 Å². The summed E-state index contributed by atoms with van der Waals surface area (Å²) in [5.41, 5.74) is 1.91. The van der Waals surface area contributed by atoms with Gasteiger partial charge in [-0.25, -0.2) is 0 Å². The fourth-order valence-electron chi connectivity index (χ4n) is 3.13. The summed E-state index contributed by atoms with van der Waals surface area (Å²) in [7, 11) is 5.58. The van der Waals surface area contributed by atoms with E-state index in [1.165, 1.54) is 0 Å². The van der Waals surface area contributed by atoms with Crippen molar-refractivity contribution in [3.05, 3.63) is 24.3 Å². The number of hydrogen-bond donors (Lipinski definition) is 2. The molecule has 0 aliphatic heterocycles. The Balaban J connectivity index is 1.78. The molecule has 6 nitrogen and oxygen atoms in total. The zero-order valence-electron chi connectivity index (χ0n) is 15.4. The largest absolute Gasteiger partial charge is 0.383 e. The summed E-state index contributed by atoms with van der Waals surface area (Å²) in [4.78, 5) is 26.5. The Bertz CT molecular complexity index is 564. The van der Waals surface area contributed by atoms with Gasteiger partial charge in [-0.3, -0.25) is 9.59 Å². The van der Waals surface area contributed by atoms with Crippen LogP contribution in [0.3, 0.4) is 0 Å². The van der Waals surface area contributed by atoms with Crippen molar-refractivity contribution in [1.82, 2.24) is 5.32 Å². The van der Waals surface area contributed by atoms with Crippen molar-refractivity contribution in [3.63, 3.8) is 0 Å². The van der Waals surface area contributed by atoms with E-state index in [4.69, 9.17) is 4.74 Å². The number of amides is 2. The number of benzene rings is 1. The van der Waals surface area contributed by atoms with Gasteiger partial charge in [0.15, 0.2) is 0 Å². The van der Waals surface area contributed by atoms with Crippen LogP contribution in [0.15, 0.2) is 24.3 Å². The maximum absolute atomic E-state index is 12.4. The number of carbonyl (C=O) groups is 2. The van der Waals surface area contributed by atoms with E-state index in [2.05, 4.69) is 10.6 Å². The van der Waals surface area contributed by atoms with Gasteiger partial charge in [-0.05, 0) is 49.9 Å². The monoisotopic (exact) mass is 347 g/mol. The molecule has 25 heavy (non-hydrogen) atoms. The van der Waals surface area contributed by atoms with Crippen LogP contribution in [0.25, 0.3) is 0 Å². The molecule has 2 rings (SSSR count). The van der Waals surface area contributed by atoms with E-state index >= 15 is 0 Å². The molecule has 6 heteroatoms. The third-order valence-electron chi connectivity index (χ3n) is 4.73. The Labute approximate surface area is 149 Å². The Kier molecular flexibility index (Phi) is 7.25. The third kappa shape index (κ3) is 5.74. The minimum absolute atomic E-state index is 0.0141. The second-order valence-electron chi connectivity index (χ2n) is 6.76. The number of rotatable bonds is 7. The van der Waals surface area contributed by atoms with Gasteiger partial charge in [-0.2, -0.15) is 0 Å². The molecule has 0 aromatic heterocycles. The smallest absolute Gasteiger partial charge is 0.227 e. The molecule has 1 aliphatic rings. The highest BCUT2D eigenvalue weighted by Gasteiger charge is 2.29. The van der Waals surface area contributed by atoms with Crippen molar-refractivity contribution in [3.8, 4) is 0 Å². The lowest BCUT2D eigenvalue weighted by atomic mass is 9.81. The number of ether oxygens (including phenoxy) is 1. The Morgan fingerprint density at radius 3 is 2.12 bits per heavy atom. The lowest BCUT2D eigenvalue weighted by Gasteiger charge is -2.27. The Morgan fingerprint density at radius 1 is 1.04 bits per heavy atom. The van der Waals surface area contributed by atoms with Crippen LogP contribution in [-0.2, 0) is 14.3 Å². The maximum atomic E-state index is 12.4. The Hall–Kier alpha value is -2.08. The molecule has 0 heterocycles. The SMILES string of the molecule is COCCNC(=O)C1CCC(C(=O)Nc2ccc(N(C)C)cc2)CC1. The van der Waals surface area contributed by atoms with Gasteiger partial charge in [-0.15, -0.1) is 0 Å². The average Bonchev–Trinajstić information content (AvgIpc) is 2.62. The first-order chi connectivity index (χ1) is 12.0.